The number of nitrogen functional groups attached to an aromatic ring is 1. The van der Waals surface area contributed by atoms with Gasteiger partial charge in [0.2, 0.25) is 0 Å². The number of anilines is 3. The van der Waals surface area contributed by atoms with Gasteiger partial charge in [-0.2, -0.15) is 5.10 Å². The summed E-state index contributed by atoms with van der Waals surface area (Å²) >= 11 is 0. The summed E-state index contributed by atoms with van der Waals surface area (Å²) in [6.45, 7) is 0. The second kappa shape index (κ2) is 5.52. The lowest BCUT2D eigenvalue weighted by molar-refractivity contribution is 0.0595. The molecule has 3 rings (SSSR count). The van der Waals surface area contributed by atoms with Crippen LogP contribution in [-0.4, -0.2) is 28.3 Å². The van der Waals surface area contributed by atoms with Crippen LogP contribution >= 0.6 is 0 Å². The summed E-state index contributed by atoms with van der Waals surface area (Å²) in [5.41, 5.74) is 4.68. The molecule has 2 aromatic heterocycles. The number of aromatic nitrogens is 3. The summed E-state index contributed by atoms with van der Waals surface area (Å²) in [7, 11) is 1.12. The normalized spacial score (nSPS) is 10.7. The minimum atomic E-state index is -0.898. The highest BCUT2D eigenvalue weighted by Crippen LogP contribution is 2.31. The lowest BCUT2D eigenvalue weighted by atomic mass is 10.2. The molecule has 23 heavy (non-hydrogen) atoms. The first-order chi connectivity index (χ1) is 11.0. The minimum Gasteiger partial charge on any atom is -0.464 e. The van der Waals surface area contributed by atoms with Crippen molar-refractivity contribution in [1.29, 1.82) is 0 Å². The van der Waals surface area contributed by atoms with E-state index in [1.54, 1.807) is 6.07 Å². The van der Waals surface area contributed by atoms with Crippen molar-refractivity contribution in [2.75, 3.05) is 18.2 Å². The number of esters is 1. The van der Waals surface area contributed by atoms with Gasteiger partial charge in [0.05, 0.1) is 12.8 Å². The van der Waals surface area contributed by atoms with E-state index in [0.717, 1.165) is 7.11 Å². The molecular weight excluding hydrogens is 308 g/mol. The number of nitrogens with one attached hydrogen (secondary N) is 2. The number of H-pyrrole nitrogens is 1. The molecule has 7 nitrogen and oxygen atoms in total. The number of nitrogens with zero attached hydrogens (tertiary/aromatic N) is 2. The predicted molar refractivity (Wildman–Crippen MR) is 79.3 cm³/mol. The molecule has 0 fully saturated rings. The van der Waals surface area contributed by atoms with Gasteiger partial charge < -0.3 is 15.8 Å². The van der Waals surface area contributed by atoms with E-state index in [1.807, 2.05) is 0 Å². The molecule has 0 atom stereocenters. The maximum Gasteiger partial charge on any atom is 0.358 e. The molecule has 0 aliphatic carbocycles. The van der Waals surface area contributed by atoms with E-state index in [2.05, 4.69) is 25.2 Å². The average molecular weight is 319 g/mol. The molecular formula is C14H11F2N5O2. The number of ether oxygens (including phenoxy) is 1. The summed E-state index contributed by atoms with van der Waals surface area (Å²) in [5.74, 6) is -2.41. The van der Waals surface area contributed by atoms with Crippen LogP contribution in [0.1, 0.15) is 10.5 Å². The lowest BCUT2D eigenvalue weighted by Crippen LogP contribution is -2.11. The van der Waals surface area contributed by atoms with E-state index < -0.39 is 17.6 Å². The first kappa shape index (κ1) is 14.7. The van der Waals surface area contributed by atoms with Gasteiger partial charge in [0, 0.05) is 0 Å². The van der Waals surface area contributed by atoms with Gasteiger partial charge in [0.1, 0.15) is 22.8 Å². The molecule has 0 radical (unpaired) electrons. The minimum absolute atomic E-state index is 0.00138. The van der Waals surface area contributed by atoms with Gasteiger partial charge in [-0.15, -0.1) is 0 Å². The number of nitrogens with two attached hydrogens (primary N) is 1. The first-order valence-corrected chi connectivity index (χ1v) is 6.45. The number of carbonyl (C=O) groups is 1. The maximum atomic E-state index is 14.7. The van der Waals surface area contributed by atoms with E-state index >= 15 is 0 Å². The van der Waals surface area contributed by atoms with E-state index in [-0.39, 0.29) is 33.9 Å². The maximum absolute atomic E-state index is 14.7. The number of para-hydroxylation sites is 1. The molecule has 0 amide bonds. The Labute approximate surface area is 128 Å². The van der Waals surface area contributed by atoms with Crippen LogP contribution in [0.2, 0.25) is 0 Å². The molecule has 3 aromatic rings. The summed E-state index contributed by atoms with van der Waals surface area (Å²) in [4.78, 5) is 15.9. The molecule has 9 heteroatoms. The zero-order valence-corrected chi connectivity index (χ0v) is 11.9. The van der Waals surface area contributed by atoms with Crippen molar-refractivity contribution in [3.05, 3.63) is 41.6 Å². The fourth-order valence-corrected chi connectivity index (χ4v) is 2.06. The standard InChI is InChI=1S/C14H11F2N5O2/c1-23-14(22)12-9(18-7-5-3-2-4-6(7)15)8(16)10-11(19-12)13(17)21-20-10/h2-5,18H,1H3,(H3,17,20,21). The largest absolute Gasteiger partial charge is 0.464 e. The highest BCUT2D eigenvalue weighted by Gasteiger charge is 2.24. The summed E-state index contributed by atoms with van der Waals surface area (Å²) < 4.78 is 33.1. The van der Waals surface area contributed by atoms with Crippen LogP contribution in [0.25, 0.3) is 11.0 Å². The van der Waals surface area contributed by atoms with Gasteiger partial charge in [-0.05, 0) is 12.1 Å². The Bertz CT molecular complexity index is 910. The van der Waals surface area contributed by atoms with Crippen molar-refractivity contribution in [3.63, 3.8) is 0 Å². The van der Waals surface area contributed by atoms with Crippen molar-refractivity contribution in [1.82, 2.24) is 15.2 Å². The van der Waals surface area contributed by atoms with Gasteiger partial charge in [0.15, 0.2) is 17.0 Å². The molecule has 0 bridgehead atoms. The van der Waals surface area contributed by atoms with E-state index in [1.165, 1.54) is 18.2 Å². The Hall–Kier alpha value is -3.23. The third-order valence-corrected chi connectivity index (χ3v) is 3.17. The van der Waals surface area contributed by atoms with Crippen LogP contribution in [0.4, 0.5) is 26.0 Å². The van der Waals surface area contributed by atoms with Crippen molar-refractivity contribution >= 4 is 34.2 Å². The Kier molecular flexibility index (Phi) is 3.53. The Morgan fingerprint density at radius 3 is 2.74 bits per heavy atom. The molecule has 2 heterocycles. The number of fused-ring (bicyclic) bond motifs is 1. The molecule has 0 aliphatic heterocycles. The van der Waals surface area contributed by atoms with E-state index in [4.69, 9.17) is 5.73 Å². The van der Waals surface area contributed by atoms with Gasteiger partial charge in [-0.25, -0.2) is 18.6 Å². The Morgan fingerprint density at radius 1 is 1.30 bits per heavy atom. The number of benzene rings is 1. The zero-order valence-electron chi connectivity index (χ0n) is 11.9. The van der Waals surface area contributed by atoms with Crippen LogP contribution in [0.5, 0.6) is 0 Å². The predicted octanol–water partition coefficient (Wildman–Crippen LogP) is 2.35. The highest BCUT2D eigenvalue weighted by molar-refractivity contribution is 6.00. The third-order valence-electron chi connectivity index (χ3n) is 3.17. The molecule has 118 valence electrons. The highest BCUT2D eigenvalue weighted by atomic mass is 19.1. The lowest BCUT2D eigenvalue weighted by Gasteiger charge is -2.12. The number of pyridine rings is 1. The fourth-order valence-electron chi connectivity index (χ4n) is 2.06. The van der Waals surface area contributed by atoms with E-state index in [9.17, 15) is 13.6 Å². The second-order valence-corrected chi connectivity index (χ2v) is 4.58. The van der Waals surface area contributed by atoms with Crippen LogP contribution in [-0.2, 0) is 4.74 Å². The van der Waals surface area contributed by atoms with Gasteiger partial charge in [0.25, 0.3) is 0 Å². The van der Waals surface area contributed by atoms with Crippen LogP contribution < -0.4 is 11.1 Å². The summed E-state index contributed by atoms with van der Waals surface area (Å²) in [5, 5.41) is 8.59. The van der Waals surface area contributed by atoms with Gasteiger partial charge >= 0.3 is 5.97 Å². The number of aromatic amines is 1. The number of rotatable bonds is 3. The number of halogens is 2. The molecule has 1 aromatic carbocycles. The number of carbonyl (C=O) groups excluding carboxylic acids is 1. The van der Waals surface area contributed by atoms with Crippen molar-refractivity contribution in [3.8, 4) is 0 Å². The van der Waals surface area contributed by atoms with Crippen LogP contribution in [0, 0.1) is 11.6 Å². The Balaban J connectivity index is 2.23. The molecule has 0 saturated heterocycles. The smallest absolute Gasteiger partial charge is 0.358 e. The SMILES string of the molecule is COC(=O)c1nc2c(N)[nH]nc2c(F)c1Nc1ccccc1F. The Morgan fingerprint density at radius 2 is 2.04 bits per heavy atom. The number of methoxy groups -OCH3 is 1. The first-order valence-electron chi connectivity index (χ1n) is 6.45. The molecule has 0 spiro atoms. The molecule has 0 aliphatic rings. The van der Waals surface area contributed by atoms with Crippen molar-refractivity contribution in [2.24, 2.45) is 0 Å². The summed E-state index contributed by atoms with van der Waals surface area (Å²) in [6.07, 6.45) is 0. The van der Waals surface area contributed by atoms with Crippen LogP contribution in [0.3, 0.4) is 0 Å². The monoisotopic (exact) mass is 319 g/mol. The van der Waals surface area contributed by atoms with Gasteiger partial charge in [-0.3, -0.25) is 5.10 Å². The number of hydrogen-bond acceptors (Lipinski definition) is 6. The molecule has 0 unspecified atom stereocenters. The average Bonchev–Trinajstić information content (AvgIpc) is 2.92. The quantitative estimate of drug-likeness (QED) is 0.640. The second-order valence-electron chi connectivity index (χ2n) is 4.58. The fraction of sp³-hybridized carbons (Fsp3) is 0.0714. The zero-order chi connectivity index (χ0) is 16.6. The molecule has 0 saturated carbocycles. The van der Waals surface area contributed by atoms with Crippen molar-refractivity contribution in [2.45, 2.75) is 0 Å². The van der Waals surface area contributed by atoms with Crippen molar-refractivity contribution < 1.29 is 18.3 Å². The van der Waals surface area contributed by atoms with Crippen LogP contribution in [0.15, 0.2) is 24.3 Å². The van der Waals surface area contributed by atoms with Gasteiger partial charge in [-0.1, -0.05) is 12.1 Å². The summed E-state index contributed by atoms with van der Waals surface area (Å²) in [6, 6.07) is 5.61. The topological polar surface area (TPSA) is 106 Å². The molecule has 4 N–H and O–H groups in total. The van der Waals surface area contributed by atoms with E-state index in [0.29, 0.717) is 0 Å². The number of hydrogen-bond donors (Lipinski definition) is 3. The third kappa shape index (κ3) is 2.41.